The van der Waals surface area contributed by atoms with Crippen LogP contribution < -0.4 is 5.14 Å². The molecule has 0 aromatic heterocycles. The molecule has 0 heterocycles. The van der Waals surface area contributed by atoms with E-state index in [0.29, 0.717) is 0 Å². The van der Waals surface area contributed by atoms with E-state index in [-0.39, 0.29) is 5.25 Å². The Morgan fingerprint density at radius 2 is 2.29 bits per heavy atom. The summed E-state index contributed by atoms with van der Waals surface area (Å²) in [5, 5.41) is 5.17. The third-order valence-electron chi connectivity index (χ3n) is 0.971. The van der Waals surface area contributed by atoms with Gasteiger partial charge in [-0.1, -0.05) is 6.92 Å². The van der Waals surface area contributed by atoms with Crippen LogP contribution in [0.2, 0.25) is 0 Å². The average molecular weight is 121 g/mol. The van der Waals surface area contributed by atoms with Gasteiger partial charge in [0.15, 0.2) is 0 Å². The molecule has 0 radical (unpaired) electrons. The van der Waals surface area contributed by atoms with Gasteiger partial charge in [-0.2, -0.15) is 0 Å². The lowest BCUT2D eigenvalue weighted by Gasteiger charge is -1.99. The topological polar surface area (TPSA) is 43.1 Å². The molecule has 0 aliphatic rings. The normalized spacial score (nSPS) is 18.7. The van der Waals surface area contributed by atoms with E-state index in [2.05, 4.69) is 0 Å². The Hall–Kier alpha value is 0.110. The Balaban J connectivity index is 3.34. The Bertz CT molecular complexity index is 74.1. The number of rotatable bonds is 2. The maximum atomic E-state index is 10.3. The molecule has 0 bridgehead atoms. The maximum Gasteiger partial charge on any atom is 0.0916 e. The van der Waals surface area contributed by atoms with Gasteiger partial charge in [0.2, 0.25) is 0 Å². The minimum atomic E-state index is -1.11. The first-order valence-corrected chi connectivity index (χ1v) is 3.61. The fourth-order valence-electron chi connectivity index (χ4n) is 0.164. The van der Waals surface area contributed by atoms with Crippen LogP contribution in [0.3, 0.4) is 0 Å². The highest BCUT2D eigenvalue weighted by Crippen LogP contribution is 1.92. The van der Waals surface area contributed by atoms with Gasteiger partial charge in [-0.05, 0) is 13.3 Å². The lowest BCUT2D eigenvalue weighted by molar-refractivity contribution is 0.671. The lowest BCUT2D eigenvalue weighted by atomic mass is 10.4. The van der Waals surface area contributed by atoms with Gasteiger partial charge in [0.25, 0.3) is 0 Å². The van der Waals surface area contributed by atoms with E-state index < -0.39 is 11.0 Å². The third kappa shape index (κ3) is 2.76. The van der Waals surface area contributed by atoms with Crippen LogP contribution in [0.15, 0.2) is 0 Å². The highest BCUT2D eigenvalue weighted by Gasteiger charge is 2.00. The van der Waals surface area contributed by atoms with Crippen LogP contribution in [0, 0.1) is 0 Å². The van der Waals surface area contributed by atoms with Crippen molar-refractivity contribution in [2.24, 2.45) is 5.14 Å². The second kappa shape index (κ2) is 3.16. The molecular weight excluding hydrogens is 110 g/mol. The zero-order valence-electron chi connectivity index (χ0n) is 4.68. The van der Waals surface area contributed by atoms with Crippen molar-refractivity contribution >= 4 is 11.0 Å². The van der Waals surface area contributed by atoms with Crippen LogP contribution >= 0.6 is 0 Å². The monoisotopic (exact) mass is 121 g/mol. The number of nitrogens with two attached hydrogens (primary N) is 1. The van der Waals surface area contributed by atoms with Gasteiger partial charge in [-0.15, -0.1) is 0 Å². The van der Waals surface area contributed by atoms with E-state index in [1.165, 1.54) is 0 Å². The summed E-state index contributed by atoms with van der Waals surface area (Å²) < 4.78 is 10.3. The Kier molecular flexibility index (Phi) is 3.21. The summed E-state index contributed by atoms with van der Waals surface area (Å²) in [6, 6.07) is 0. The Labute approximate surface area is 46.7 Å². The molecule has 7 heavy (non-hydrogen) atoms. The van der Waals surface area contributed by atoms with Crippen LogP contribution in [-0.2, 0) is 11.0 Å². The van der Waals surface area contributed by atoms with Crippen LogP contribution in [0.1, 0.15) is 20.3 Å². The van der Waals surface area contributed by atoms with Gasteiger partial charge >= 0.3 is 0 Å². The third-order valence-corrected chi connectivity index (χ3v) is 2.10. The maximum absolute atomic E-state index is 10.3. The molecule has 0 aliphatic heterocycles. The van der Waals surface area contributed by atoms with E-state index in [1.807, 2.05) is 13.8 Å². The van der Waals surface area contributed by atoms with Gasteiger partial charge in [0.1, 0.15) is 0 Å². The highest BCUT2D eigenvalue weighted by molar-refractivity contribution is 7.83. The van der Waals surface area contributed by atoms with E-state index in [0.717, 1.165) is 6.42 Å². The molecule has 0 aliphatic carbocycles. The first-order valence-electron chi connectivity index (χ1n) is 2.33. The van der Waals surface area contributed by atoms with Crippen molar-refractivity contribution in [2.75, 3.05) is 0 Å². The second-order valence-corrected chi connectivity index (χ2v) is 3.01. The summed E-state index contributed by atoms with van der Waals surface area (Å²) in [5.41, 5.74) is 0. The van der Waals surface area contributed by atoms with Crippen molar-refractivity contribution < 1.29 is 4.21 Å². The molecule has 2 unspecified atom stereocenters. The van der Waals surface area contributed by atoms with Crippen molar-refractivity contribution in [1.82, 2.24) is 0 Å². The molecule has 2 N–H and O–H groups in total. The first-order chi connectivity index (χ1) is 3.18. The molecule has 0 aromatic carbocycles. The summed E-state index contributed by atoms with van der Waals surface area (Å²) in [7, 11) is -1.11. The van der Waals surface area contributed by atoms with Gasteiger partial charge < -0.3 is 0 Å². The summed E-state index contributed by atoms with van der Waals surface area (Å²) in [5.74, 6) is 0. The molecule has 0 aromatic rings. The van der Waals surface area contributed by atoms with Gasteiger partial charge in [-0.3, -0.25) is 5.14 Å². The first kappa shape index (κ1) is 7.11. The van der Waals surface area contributed by atoms with Crippen LogP contribution in [0.4, 0.5) is 0 Å². The summed E-state index contributed by atoms with van der Waals surface area (Å²) in [6.07, 6.45) is 0.892. The molecule has 0 saturated carbocycles. The number of hydrogen-bond acceptors (Lipinski definition) is 1. The zero-order chi connectivity index (χ0) is 5.86. The van der Waals surface area contributed by atoms with Crippen molar-refractivity contribution in [3.8, 4) is 0 Å². The standard InChI is InChI=1S/C4H11NOS/c1-3-4(2)7(5)6/h4H,3,5H2,1-2H3. The van der Waals surface area contributed by atoms with E-state index in [4.69, 9.17) is 5.14 Å². The van der Waals surface area contributed by atoms with Crippen molar-refractivity contribution in [3.05, 3.63) is 0 Å². The van der Waals surface area contributed by atoms with Crippen molar-refractivity contribution in [3.63, 3.8) is 0 Å². The molecule has 0 amide bonds. The SMILES string of the molecule is CCC(C)S(N)=O. The molecule has 0 spiro atoms. The van der Waals surface area contributed by atoms with Gasteiger partial charge in [-0.25, -0.2) is 4.21 Å². The molecule has 0 saturated heterocycles. The minimum Gasteiger partial charge on any atom is -0.252 e. The second-order valence-electron chi connectivity index (χ2n) is 1.55. The van der Waals surface area contributed by atoms with E-state index in [1.54, 1.807) is 0 Å². The van der Waals surface area contributed by atoms with Crippen LogP contribution in [-0.4, -0.2) is 9.46 Å². The van der Waals surface area contributed by atoms with Crippen molar-refractivity contribution in [1.29, 1.82) is 0 Å². The van der Waals surface area contributed by atoms with E-state index in [9.17, 15) is 4.21 Å². The molecule has 0 rings (SSSR count). The molecule has 44 valence electrons. The molecule has 3 heteroatoms. The summed E-state index contributed by atoms with van der Waals surface area (Å²) in [4.78, 5) is 0. The molecule has 2 nitrogen and oxygen atoms in total. The number of hydrogen-bond donors (Lipinski definition) is 1. The highest BCUT2D eigenvalue weighted by atomic mass is 32.2. The lowest BCUT2D eigenvalue weighted by Crippen LogP contribution is -2.16. The molecular formula is C4H11NOS. The van der Waals surface area contributed by atoms with Gasteiger partial charge in [0, 0.05) is 5.25 Å². The Morgan fingerprint density at radius 3 is 2.29 bits per heavy atom. The fraction of sp³-hybridized carbons (Fsp3) is 1.00. The largest absolute Gasteiger partial charge is 0.252 e. The minimum absolute atomic E-state index is 0.153. The Morgan fingerprint density at radius 1 is 1.86 bits per heavy atom. The molecule has 2 atom stereocenters. The summed E-state index contributed by atoms with van der Waals surface area (Å²) >= 11 is 0. The summed E-state index contributed by atoms with van der Waals surface area (Å²) in [6.45, 7) is 3.84. The van der Waals surface area contributed by atoms with Crippen LogP contribution in [0.5, 0.6) is 0 Å². The van der Waals surface area contributed by atoms with Gasteiger partial charge in [0.05, 0.1) is 11.0 Å². The van der Waals surface area contributed by atoms with Crippen molar-refractivity contribution in [2.45, 2.75) is 25.5 Å². The predicted molar refractivity (Wildman–Crippen MR) is 32.1 cm³/mol. The molecule has 0 fully saturated rings. The van der Waals surface area contributed by atoms with Crippen LogP contribution in [0.25, 0.3) is 0 Å². The fourth-order valence-corrected chi connectivity index (χ4v) is 0.493. The predicted octanol–water partition coefficient (Wildman–Crippen LogP) is 0.407. The quantitative estimate of drug-likeness (QED) is 0.565. The zero-order valence-corrected chi connectivity index (χ0v) is 5.49. The smallest absolute Gasteiger partial charge is 0.0916 e. The van der Waals surface area contributed by atoms with E-state index >= 15 is 0 Å². The average Bonchev–Trinajstić information content (AvgIpc) is 1.65.